The van der Waals surface area contributed by atoms with Crippen molar-refractivity contribution < 1.29 is 4.79 Å². The number of piperidine rings is 2. The summed E-state index contributed by atoms with van der Waals surface area (Å²) < 4.78 is 0. The van der Waals surface area contributed by atoms with Crippen molar-refractivity contribution in [3.05, 3.63) is 0 Å². The molecule has 0 aromatic carbocycles. The molecule has 0 saturated carbocycles. The Hall–Kier alpha value is -0.610. The first-order valence-corrected chi connectivity index (χ1v) is 7.44. The SMILES string of the molecule is CNC(=O)C1CCN(CCC2CCNCC2)CC1. The first-order chi connectivity index (χ1) is 8.79. The molecule has 2 aliphatic rings. The minimum atomic E-state index is 0.230. The van der Waals surface area contributed by atoms with Gasteiger partial charge >= 0.3 is 0 Å². The van der Waals surface area contributed by atoms with Crippen LogP contribution in [0, 0.1) is 11.8 Å². The fraction of sp³-hybridized carbons (Fsp3) is 0.929. The normalized spacial score (nSPS) is 24.1. The second-order valence-corrected chi connectivity index (χ2v) is 5.71. The zero-order chi connectivity index (χ0) is 12.8. The molecule has 0 unspecified atom stereocenters. The summed E-state index contributed by atoms with van der Waals surface area (Å²) in [6.07, 6.45) is 6.09. The summed E-state index contributed by atoms with van der Waals surface area (Å²) in [6.45, 7) is 5.82. The number of amides is 1. The smallest absolute Gasteiger partial charge is 0.222 e. The van der Waals surface area contributed by atoms with Gasteiger partial charge in [-0.1, -0.05) is 0 Å². The maximum Gasteiger partial charge on any atom is 0.222 e. The highest BCUT2D eigenvalue weighted by atomic mass is 16.1. The highest BCUT2D eigenvalue weighted by Gasteiger charge is 2.24. The Balaban J connectivity index is 1.62. The van der Waals surface area contributed by atoms with Crippen LogP contribution in [0.1, 0.15) is 32.1 Å². The standard InChI is InChI=1S/C14H27N3O/c1-15-14(18)13-5-10-17(11-6-13)9-4-12-2-7-16-8-3-12/h12-13,16H,2-11H2,1H3,(H,15,18). The Kier molecular flexibility index (Phi) is 5.45. The van der Waals surface area contributed by atoms with Crippen LogP contribution < -0.4 is 10.6 Å². The van der Waals surface area contributed by atoms with Crippen molar-refractivity contribution in [2.24, 2.45) is 11.8 Å². The topological polar surface area (TPSA) is 44.4 Å². The molecule has 0 radical (unpaired) electrons. The van der Waals surface area contributed by atoms with E-state index in [4.69, 9.17) is 0 Å². The van der Waals surface area contributed by atoms with Gasteiger partial charge in [0.2, 0.25) is 5.91 Å². The van der Waals surface area contributed by atoms with Crippen LogP contribution in [-0.4, -0.2) is 50.6 Å². The molecule has 4 heteroatoms. The highest BCUT2D eigenvalue weighted by Crippen LogP contribution is 2.20. The van der Waals surface area contributed by atoms with Gasteiger partial charge in [0.1, 0.15) is 0 Å². The molecule has 2 aliphatic heterocycles. The van der Waals surface area contributed by atoms with Crippen molar-refractivity contribution in [1.82, 2.24) is 15.5 Å². The number of carbonyl (C=O) groups is 1. The number of likely N-dealkylation sites (tertiary alicyclic amines) is 1. The van der Waals surface area contributed by atoms with Gasteiger partial charge < -0.3 is 15.5 Å². The monoisotopic (exact) mass is 253 g/mol. The van der Waals surface area contributed by atoms with E-state index in [0.717, 1.165) is 31.8 Å². The molecule has 2 heterocycles. The van der Waals surface area contributed by atoms with Gasteiger partial charge in [-0.25, -0.2) is 0 Å². The molecule has 0 bridgehead atoms. The zero-order valence-electron chi connectivity index (χ0n) is 11.6. The number of nitrogens with one attached hydrogen (secondary N) is 2. The molecule has 2 saturated heterocycles. The third-order valence-corrected chi connectivity index (χ3v) is 4.52. The summed E-state index contributed by atoms with van der Waals surface area (Å²) in [4.78, 5) is 14.1. The summed E-state index contributed by atoms with van der Waals surface area (Å²) >= 11 is 0. The predicted octanol–water partition coefficient (Wildman–Crippen LogP) is 0.834. The van der Waals surface area contributed by atoms with Gasteiger partial charge in [-0.15, -0.1) is 0 Å². The fourth-order valence-corrected chi connectivity index (χ4v) is 3.16. The van der Waals surface area contributed by atoms with Crippen LogP contribution in [0.5, 0.6) is 0 Å². The molecule has 4 nitrogen and oxygen atoms in total. The maximum atomic E-state index is 11.5. The van der Waals surface area contributed by atoms with Gasteiger partial charge in [0, 0.05) is 13.0 Å². The van der Waals surface area contributed by atoms with E-state index in [-0.39, 0.29) is 11.8 Å². The lowest BCUT2D eigenvalue weighted by Gasteiger charge is -2.32. The molecular formula is C14H27N3O. The van der Waals surface area contributed by atoms with Crippen molar-refractivity contribution in [3.63, 3.8) is 0 Å². The highest BCUT2D eigenvalue weighted by molar-refractivity contribution is 5.78. The number of hydrogen-bond acceptors (Lipinski definition) is 3. The number of carbonyl (C=O) groups excluding carboxylic acids is 1. The second-order valence-electron chi connectivity index (χ2n) is 5.71. The first kappa shape index (κ1) is 13.8. The van der Waals surface area contributed by atoms with Gasteiger partial charge in [-0.05, 0) is 70.7 Å². The average Bonchev–Trinajstić information content (AvgIpc) is 2.46. The van der Waals surface area contributed by atoms with Gasteiger partial charge in [-0.3, -0.25) is 4.79 Å². The van der Waals surface area contributed by atoms with Gasteiger partial charge in [0.25, 0.3) is 0 Å². The third kappa shape index (κ3) is 3.95. The molecule has 0 aromatic rings. The molecular weight excluding hydrogens is 226 g/mol. The van der Waals surface area contributed by atoms with Crippen LogP contribution in [0.2, 0.25) is 0 Å². The Labute approximate surface area is 110 Å². The van der Waals surface area contributed by atoms with Crippen molar-refractivity contribution in [2.75, 3.05) is 39.8 Å². The molecule has 2 rings (SSSR count). The van der Waals surface area contributed by atoms with Crippen molar-refractivity contribution in [3.8, 4) is 0 Å². The van der Waals surface area contributed by atoms with Crippen LogP contribution >= 0.6 is 0 Å². The Morgan fingerprint density at radius 1 is 1.22 bits per heavy atom. The van der Waals surface area contributed by atoms with E-state index in [1.165, 1.54) is 38.9 Å². The lowest BCUT2D eigenvalue weighted by Crippen LogP contribution is -2.40. The third-order valence-electron chi connectivity index (χ3n) is 4.52. The Morgan fingerprint density at radius 3 is 2.50 bits per heavy atom. The Bertz CT molecular complexity index is 256. The Morgan fingerprint density at radius 2 is 1.89 bits per heavy atom. The summed E-state index contributed by atoms with van der Waals surface area (Å²) in [5, 5.41) is 6.19. The molecule has 2 N–H and O–H groups in total. The van der Waals surface area contributed by atoms with Crippen molar-refractivity contribution >= 4 is 5.91 Å². The van der Waals surface area contributed by atoms with Crippen LogP contribution in [0.15, 0.2) is 0 Å². The summed E-state index contributed by atoms with van der Waals surface area (Å²) in [5.41, 5.74) is 0. The lowest BCUT2D eigenvalue weighted by molar-refractivity contribution is -0.125. The molecule has 0 atom stereocenters. The van der Waals surface area contributed by atoms with E-state index in [0.29, 0.717) is 0 Å². The van der Waals surface area contributed by atoms with E-state index >= 15 is 0 Å². The quantitative estimate of drug-likeness (QED) is 0.780. The largest absolute Gasteiger partial charge is 0.359 e. The number of nitrogens with zero attached hydrogens (tertiary/aromatic N) is 1. The minimum Gasteiger partial charge on any atom is -0.359 e. The fourth-order valence-electron chi connectivity index (χ4n) is 3.16. The van der Waals surface area contributed by atoms with Crippen LogP contribution in [0.3, 0.4) is 0 Å². The van der Waals surface area contributed by atoms with Crippen molar-refractivity contribution in [2.45, 2.75) is 32.1 Å². The lowest BCUT2D eigenvalue weighted by atomic mass is 9.92. The predicted molar refractivity (Wildman–Crippen MR) is 73.4 cm³/mol. The molecule has 0 aliphatic carbocycles. The summed E-state index contributed by atoms with van der Waals surface area (Å²) in [5.74, 6) is 1.40. The summed E-state index contributed by atoms with van der Waals surface area (Å²) in [7, 11) is 1.74. The van der Waals surface area contributed by atoms with E-state index in [1.807, 2.05) is 0 Å². The van der Waals surface area contributed by atoms with Gasteiger partial charge in [0.15, 0.2) is 0 Å². The van der Waals surface area contributed by atoms with E-state index in [1.54, 1.807) is 7.05 Å². The van der Waals surface area contributed by atoms with E-state index < -0.39 is 0 Å². The molecule has 2 fully saturated rings. The zero-order valence-corrected chi connectivity index (χ0v) is 11.6. The average molecular weight is 253 g/mol. The van der Waals surface area contributed by atoms with Gasteiger partial charge in [-0.2, -0.15) is 0 Å². The van der Waals surface area contributed by atoms with E-state index in [2.05, 4.69) is 15.5 Å². The molecule has 0 spiro atoms. The van der Waals surface area contributed by atoms with Crippen LogP contribution in [0.25, 0.3) is 0 Å². The minimum absolute atomic E-state index is 0.230. The maximum absolute atomic E-state index is 11.5. The molecule has 0 aromatic heterocycles. The molecule has 1 amide bonds. The van der Waals surface area contributed by atoms with Crippen molar-refractivity contribution in [1.29, 1.82) is 0 Å². The van der Waals surface area contributed by atoms with Gasteiger partial charge in [0.05, 0.1) is 0 Å². The molecule has 104 valence electrons. The van der Waals surface area contributed by atoms with Crippen LogP contribution in [-0.2, 0) is 4.79 Å². The number of hydrogen-bond donors (Lipinski definition) is 2. The second kappa shape index (κ2) is 7.10. The van der Waals surface area contributed by atoms with E-state index in [9.17, 15) is 4.79 Å². The first-order valence-electron chi connectivity index (χ1n) is 7.44. The summed E-state index contributed by atoms with van der Waals surface area (Å²) in [6, 6.07) is 0. The van der Waals surface area contributed by atoms with Crippen LogP contribution in [0.4, 0.5) is 0 Å². The molecule has 18 heavy (non-hydrogen) atoms. The number of rotatable bonds is 4.